The van der Waals surface area contributed by atoms with Gasteiger partial charge in [-0.15, -0.1) is 0 Å². The van der Waals surface area contributed by atoms with Crippen molar-refractivity contribution in [3.05, 3.63) is 28.8 Å². The maximum absolute atomic E-state index is 6.07. The Morgan fingerprint density at radius 3 is 2.68 bits per heavy atom. The normalized spacial score (nSPS) is 27.0. The number of nitrogens with two attached hydrogens (primary N) is 1. The number of nitrogens with one attached hydrogen (secondary N) is 1. The molecule has 1 aromatic carbocycles. The van der Waals surface area contributed by atoms with Crippen molar-refractivity contribution in [2.75, 3.05) is 5.32 Å². The van der Waals surface area contributed by atoms with E-state index in [-0.39, 0.29) is 0 Å². The molecule has 0 amide bonds. The summed E-state index contributed by atoms with van der Waals surface area (Å²) < 4.78 is 0. The Hall–Kier alpha value is -0.800. The van der Waals surface area contributed by atoms with E-state index < -0.39 is 0 Å². The quantitative estimate of drug-likeness (QED) is 0.821. The molecule has 1 saturated carbocycles. The maximum Gasteiger partial charge on any atom is 0.106 e. The van der Waals surface area contributed by atoms with Crippen molar-refractivity contribution in [1.82, 2.24) is 0 Å². The van der Waals surface area contributed by atoms with Crippen LogP contribution in [0.25, 0.3) is 0 Å². The van der Waals surface area contributed by atoms with E-state index in [1.54, 1.807) is 0 Å². The molecule has 1 aliphatic carbocycles. The third-order valence-electron chi connectivity index (χ3n) is 4.20. The molecule has 1 fully saturated rings. The van der Waals surface area contributed by atoms with Gasteiger partial charge in [-0.2, -0.15) is 0 Å². The Morgan fingerprint density at radius 2 is 2.05 bits per heavy atom. The zero-order valence-electron chi connectivity index (χ0n) is 11.4. The van der Waals surface area contributed by atoms with Crippen LogP contribution in [0.4, 0.5) is 5.69 Å². The number of thiocarbonyl (C=S) groups is 1. The van der Waals surface area contributed by atoms with Gasteiger partial charge < -0.3 is 11.1 Å². The van der Waals surface area contributed by atoms with E-state index in [1.165, 1.54) is 19.3 Å². The Bertz CT molecular complexity index is 475. The lowest BCUT2D eigenvalue weighted by atomic mass is 9.79. The first-order valence-electron chi connectivity index (χ1n) is 6.83. The van der Waals surface area contributed by atoms with Gasteiger partial charge in [-0.25, -0.2) is 0 Å². The van der Waals surface area contributed by atoms with Gasteiger partial charge in [0.05, 0.1) is 0 Å². The number of halogens is 1. The van der Waals surface area contributed by atoms with Crippen LogP contribution in [-0.2, 0) is 0 Å². The highest BCUT2D eigenvalue weighted by Gasteiger charge is 2.24. The molecule has 2 rings (SSSR count). The number of hydrogen-bond donors (Lipinski definition) is 2. The highest BCUT2D eigenvalue weighted by molar-refractivity contribution is 7.80. The lowest BCUT2D eigenvalue weighted by Gasteiger charge is -2.33. The molecule has 104 valence electrons. The van der Waals surface area contributed by atoms with Gasteiger partial charge in [0.1, 0.15) is 4.99 Å². The summed E-state index contributed by atoms with van der Waals surface area (Å²) in [6.07, 6.45) is 3.64. The van der Waals surface area contributed by atoms with Crippen molar-refractivity contribution in [1.29, 1.82) is 0 Å². The van der Waals surface area contributed by atoms with Crippen LogP contribution >= 0.6 is 23.8 Å². The second-order valence-corrected chi connectivity index (χ2v) is 6.54. The average Bonchev–Trinajstić information content (AvgIpc) is 2.33. The molecule has 3 N–H and O–H groups in total. The fourth-order valence-electron chi connectivity index (χ4n) is 2.75. The maximum atomic E-state index is 6.07. The van der Waals surface area contributed by atoms with Crippen LogP contribution in [0, 0.1) is 11.8 Å². The minimum Gasteiger partial charge on any atom is -0.389 e. The molecule has 3 atom stereocenters. The first-order valence-corrected chi connectivity index (χ1v) is 7.62. The lowest BCUT2D eigenvalue weighted by molar-refractivity contribution is 0.261. The summed E-state index contributed by atoms with van der Waals surface area (Å²) in [5, 5.41) is 4.28. The van der Waals surface area contributed by atoms with Crippen LogP contribution in [0.1, 0.15) is 38.7 Å². The summed E-state index contributed by atoms with van der Waals surface area (Å²) in [4.78, 5) is 0.413. The van der Waals surface area contributed by atoms with Crippen molar-refractivity contribution >= 4 is 34.5 Å². The largest absolute Gasteiger partial charge is 0.389 e. The minimum absolute atomic E-state index is 0.413. The Balaban J connectivity index is 2.14. The molecule has 0 heterocycles. The van der Waals surface area contributed by atoms with E-state index in [2.05, 4.69) is 19.2 Å². The molecule has 3 unspecified atom stereocenters. The van der Waals surface area contributed by atoms with Crippen LogP contribution in [-0.4, -0.2) is 11.0 Å². The SMILES string of the molecule is CC1CCC(Nc2cc(Cl)ccc2C(N)=S)CC1C. The number of benzene rings is 1. The second-order valence-electron chi connectivity index (χ2n) is 5.66. The van der Waals surface area contributed by atoms with Crippen molar-refractivity contribution in [3.63, 3.8) is 0 Å². The van der Waals surface area contributed by atoms with Gasteiger partial charge in [0.2, 0.25) is 0 Å². The molecular formula is C15H21ClN2S. The second kappa shape index (κ2) is 6.10. The molecule has 2 nitrogen and oxygen atoms in total. The van der Waals surface area contributed by atoms with Crippen LogP contribution in [0.2, 0.25) is 5.02 Å². The summed E-state index contributed by atoms with van der Waals surface area (Å²) in [7, 11) is 0. The monoisotopic (exact) mass is 296 g/mol. The van der Waals surface area contributed by atoms with Gasteiger partial charge in [-0.3, -0.25) is 0 Å². The average molecular weight is 297 g/mol. The van der Waals surface area contributed by atoms with Gasteiger partial charge >= 0.3 is 0 Å². The van der Waals surface area contributed by atoms with E-state index in [0.717, 1.165) is 23.1 Å². The van der Waals surface area contributed by atoms with Crippen molar-refractivity contribution < 1.29 is 0 Å². The zero-order chi connectivity index (χ0) is 14.0. The molecule has 0 aromatic heterocycles. The molecular weight excluding hydrogens is 276 g/mol. The van der Waals surface area contributed by atoms with Gasteiger partial charge in [0, 0.05) is 22.3 Å². The molecule has 0 aliphatic heterocycles. The van der Waals surface area contributed by atoms with E-state index in [4.69, 9.17) is 29.6 Å². The fourth-order valence-corrected chi connectivity index (χ4v) is 3.10. The summed E-state index contributed by atoms with van der Waals surface area (Å²) >= 11 is 11.2. The smallest absolute Gasteiger partial charge is 0.106 e. The number of hydrogen-bond acceptors (Lipinski definition) is 2. The first kappa shape index (κ1) is 14.6. The summed E-state index contributed by atoms with van der Waals surface area (Å²) in [6.45, 7) is 4.66. The zero-order valence-corrected chi connectivity index (χ0v) is 13.0. The molecule has 0 bridgehead atoms. The fraction of sp³-hybridized carbons (Fsp3) is 0.533. The molecule has 0 saturated heterocycles. The number of anilines is 1. The van der Waals surface area contributed by atoms with Gasteiger partial charge in [-0.05, 0) is 49.3 Å². The first-order chi connectivity index (χ1) is 8.97. The third-order valence-corrected chi connectivity index (χ3v) is 4.66. The van der Waals surface area contributed by atoms with Crippen LogP contribution in [0.15, 0.2) is 18.2 Å². The molecule has 1 aromatic rings. The van der Waals surface area contributed by atoms with Crippen LogP contribution in [0.3, 0.4) is 0 Å². The predicted molar refractivity (Wildman–Crippen MR) is 86.9 cm³/mol. The molecule has 4 heteroatoms. The van der Waals surface area contributed by atoms with E-state index >= 15 is 0 Å². The Labute approximate surface area is 125 Å². The summed E-state index contributed by atoms with van der Waals surface area (Å²) in [5.41, 5.74) is 7.61. The Kier molecular flexibility index (Phi) is 4.69. The highest BCUT2D eigenvalue weighted by atomic mass is 35.5. The van der Waals surface area contributed by atoms with Crippen molar-refractivity contribution in [2.24, 2.45) is 17.6 Å². The van der Waals surface area contributed by atoms with Gasteiger partial charge in [0.25, 0.3) is 0 Å². The Morgan fingerprint density at radius 1 is 1.32 bits per heavy atom. The predicted octanol–water partition coefficient (Wildman–Crippen LogP) is 4.21. The molecule has 1 aliphatic rings. The van der Waals surface area contributed by atoms with E-state index in [0.29, 0.717) is 16.1 Å². The van der Waals surface area contributed by atoms with Crippen molar-refractivity contribution in [2.45, 2.75) is 39.2 Å². The molecule has 0 radical (unpaired) electrons. The van der Waals surface area contributed by atoms with Crippen LogP contribution in [0.5, 0.6) is 0 Å². The van der Waals surface area contributed by atoms with Crippen LogP contribution < -0.4 is 11.1 Å². The van der Waals surface area contributed by atoms with Gasteiger partial charge in [-0.1, -0.05) is 37.7 Å². The van der Waals surface area contributed by atoms with Gasteiger partial charge in [0.15, 0.2) is 0 Å². The summed E-state index contributed by atoms with van der Waals surface area (Å²) in [5.74, 6) is 1.56. The lowest BCUT2D eigenvalue weighted by Crippen LogP contribution is -2.31. The molecule has 0 spiro atoms. The van der Waals surface area contributed by atoms with E-state index in [9.17, 15) is 0 Å². The number of rotatable bonds is 3. The topological polar surface area (TPSA) is 38.0 Å². The van der Waals surface area contributed by atoms with Crippen molar-refractivity contribution in [3.8, 4) is 0 Å². The third kappa shape index (κ3) is 3.61. The molecule has 19 heavy (non-hydrogen) atoms. The standard InChI is InChI=1S/C15H21ClN2S/c1-9-3-5-12(7-10(9)2)18-14-8-11(16)4-6-13(14)15(17)19/h4,6,8-10,12,18H,3,5,7H2,1-2H3,(H2,17,19). The highest BCUT2D eigenvalue weighted by Crippen LogP contribution is 2.32. The van der Waals surface area contributed by atoms with E-state index in [1.807, 2.05) is 18.2 Å². The minimum atomic E-state index is 0.413. The summed E-state index contributed by atoms with van der Waals surface area (Å²) in [6, 6.07) is 6.12.